The molecule has 2 aromatic heterocycles. The summed E-state index contributed by atoms with van der Waals surface area (Å²) in [5.41, 5.74) is 8.45. The molecular weight excluding hydrogens is 520 g/mol. The molecule has 0 fully saturated rings. The largest absolute Gasteiger partial charge is 0.454 e. The highest BCUT2D eigenvalue weighted by Gasteiger charge is 2.53. The Bertz CT molecular complexity index is 2100. The minimum Gasteiger partial charge on any atom is -0.454 e. The van der Waals surface area contributed by atoms with Crippen LogP contribution < -0.4 is 14.4 Å². The first-order valence-electron chi connectivity index (χ1n) is 13.7. The van der Waals surface area contributed by atoms with E-state index < -0.39 is 5.41 Å². The van der Waals surface area contributed by atoms with E-state index in [1.165, 1.54) is 0 Å². The van der Waals surface area contributed by atoms with Crippen LogP contribution in [0.4, 0.5) is 22.7 Å². The van der Waals surface area contributed by atoms with Crippen LogP contribution in [-0.4, -0.2) is 9.97 Å². The fourth-order valence-corrected chi connectivity index (χ4v) is 6.82. The summed E-state index contributed by atoms with van der Waals surface area (Å²) in [5.74, 6) is 2.87. The van der Waals surface area contributed by atoms with Crippen LogP contribution in [0, 0.1) is 6.57 Å². The Morgan fingerprint density at radius 1 is 0.571 bits per heavy atom. The smallest absolute Gasteiger partial charge is 0.191 e. The van der Waals surface area contributed by atoms with Gasteiger partial charge < -0.3 is 9.47 Å². The molecule has 1 aliphatic carbocycles. The summed E-state index contributed by atoms with van der Waals surface area (Å²) in [6.45, 7) is 7.55. The number of ether oxygens (including phenoxy) is 2. The van der Waals surface area contributed by atoms with Gasteiger partial charge >= 0.3 is 0 Å². The Hall–Kier alpha value is -5.93. The van der Waals surface area contributed by atoms with Crippen molar-refractivity contribution in [1.82, 2.24) is 9.97 Å². The van der Waals surface area contributed by atoms with Crippen molar-refractivity contribution in [1.29, 1.82) is 0 Å². The maximum Gasteiger partial charge on any atom is 0.191 e. The molecule has 3 aliphatic rings. The number of anilines is 3. The SMILES string of the molecule is [C-]#[N+]c1ccc2c(c1)Oc1ccccc1N2c1cccc2c1Oc1ccccc1C21c2cccnc2-c2ncccc21. The molecule has 6 nitrogen and oxygen atoms in total. The van der Waals surface area contributed by atoms with Crippen molar-refractivity contribution < 1.29 is 9.47 Å². The van der Waals surface area contributed by atoms with Crippen molar-refractivity contribution in [3.63, 3.8) is 0 Å². The maximum absolute atomic E-state index is 7.55. The van der Waals surface area contributed by atoms with Crippen molar-refractivity contribution >= 4 is 22.7 Å². The van der Waals surface area contributed by atoms with Gasteiger partial charge in [-0.2, -0.15) is 0 Å². The summed E-state index contributed by atoms with van der Waals surface area (Å²) in [5, 5.41) is 0. The summed E-state index contributed by atoms with van der Waals surface area (Å²) in [6.07, 6.45) is 3.66. The molecule has 1 spiro atoms. The molecule has 4 aromatic carbocycles. The molecule has 0 N–H and O–H groups in total. The standard InChI is InChI=1S/C36H20N4O2/c1-37-22-17-18-28-32(21-22)41-31-16-5-3-13-27(31)40(28)29-14-6-10-26-35(29)42-30-15-4-2-9-23(30)36(26)24-11-7-19-38-33(24)34-25(36)12-8-20-39-34/h2-21H. The lowest BCUT2D eigenvalue weighted by molar-refractivity contribution is 0.436. The average Bonchev–Trinajstić information content (AvgIpc) is 3.34. The molecule has 196 valence electrons. The molecule has 9 rings (SSSR count). The minimum absolute atomic E-state index is 0.520. The molecule has 2 aliphatic heterocycles. The van der Waals surface area contributed by atoms with E-state index in [4.69, 9.17) is 26.0 Å². The third-order valence-corrected chi connectivity index (χ3v) is 8.43. The van der Waals surface area contributed by atoms with Crippen molar-refractivity contribution in [3.05, 3.63) is 155 Å². The molecule has 0 bridgehead atoms. The number of nitrogens with zero attached hydrogens (tertiary/aromatic N) is 4. The van der Waals surface area contributed by atoms with Crippen LogP contribution in [-0.2, 0) is 5.41 Å². The van der Waals surface area contributed by atoms with Gasteiger partial charge in [-0.25, -0.2) is 4.85 Å². The second-order valence-corrected chi connectivity index (χ2v) is 10.5. The van der Waals surface area contributed by atoms with Crippen molar-refractivity contribution in [2.75, 3.05) is 4.90 Å². The van der Waals surface area contributed by atoms with Gasteiger partial charge in [0.05, 0.1) is 40.4 Å². The molecule has 6 heteroatoms. The van der Waals surface area contributed by atoms with Gasteiger partial charge in [0.2, 0.25) is 0 Å². The summed E-state index contributed by atoms with van der Waals surface area (Å²) in [6, 6.07) is 36.4. The quantitative estimate of drug-likeness (QED) is 0.194. The molecule has 0 saturated carbocycles. The first kappa shape index (κ1) is 22.8. The van der Waals surface area contributed by atoms with Gasteiger partial charge in [-0.15, -0.1) is 0 Å². The van der Waals surface area contributed by atoms with Crippen LogP contribution in [0.5, 0.6) is 23.0 Å². The van der Waals surface area contributed by atoms with E-state index in [0.29, 0.717) is 17.2 Å². The summed E-state index contributed by atoms with van der Waals surface area (Å²) in [7, 11) is 0. The highest BCUT2D eigenvalue weighted by Crippen LogP contribution is 2.64. The molecule has 0 amide bonds. The van der Waals surface area contributed by atoms with E-state index in [1.807, 2.05) is 73.1 Å². The van der Waals surface area contributed by atoms with E-state index >= 15 is 0 Å². The lowest BCUT2D eigenvalue weighted by Gasteiger charge is -2.41. The third-order valence-electron chi connectivity index (χ3n) is 8.43. The molecule has 0 radical (unpaired) electrons. The van der Waals surface area contributed by atoms with Crippen molar-refractivity contribution in [3.8, 4) is 34.4 Å². The lowest BCUT2D eigenvalue weighted by Crippen LogP contribution is -2.33. The van der Waals surface area contributed by atoms with Gasteiger partial charge in [-0.3, -0.25) is 14.9 Å². The summed E-state index contributed by atoms with van der Waals surface area (Å²) in [4.78, 5) is 15.5. The Balaban J connectivity index is 1.39. The number of pyridine rings is 2. The Morgan fingerprint density at radius 2 is 1.21 bits per heavy atom. The Labute approximate surface area is 241 Å². The minimum atomic E-state index is -0.671. The fraction of sp³-hybridized carbons (Fsp3) is 0.0278. The highest BCUT2D eigenvalue weighted by atomic mass is 16.5. The molecule has 0 atom stereocenters. The number of rotatable bonds is 1. The normalized spacial score (nSPS) is 14.2. The first-order valence-corrected chi connectivity index (χ1v) is 13.7. The Kier molecular flexibility index (Phi) is 4.51. The average molecular weight is 541 g/mol. The number of para-hydroxylation sites is 4. The van der Waals surface area contributed by atoms with Gasteiger partial charge in [-0.05, 0) is 59.7 Å². The van der Waals surface area contributed by atoms with Crippen LogP contribution in [0.15, 0.2) is 122 Å². The number of fused-ring (bicyclic) bond motifs is 11. The van der Waals surface area contributed by atoms with Crippen molar-refractivity contribution in [2.45, 2.75) is 5.41 Å². The van der Waals surface area contributed by atoms with E-state index in [0.717, 1.165) is 62.2 Å². The van der Waals surface area contributed by atoms with E-state index in [1.54, 1.807) is 6.07 Å². The van der Waals surface area contributed by atoms with Gasteiger partial charge in [0, 0.05) is 23.5 Å². The van der Waals surface area contributed by atoms with Crippen LogP contribution in [0.1, 0.15) is 22.3 Å². The second kappa shape index (κ2) is 8.29. The highest BCUT2D eigenvalue weighted by molar-refractivity contribution is 5.92. The Morgan fingerprint density at radius 3 is 2.00 bits per heavy atom. The van der Waals surface area contributed by atoms with Gasteiger partial charge in [0.25, 0.3) is 0 Å². The topological polar surface area (TPSA) is 51.8 Å². The predicted molar refractivity (Wildman–Crippen MR) is 160 cm³/mol. The summed E-state index contributed by atoms with van der Waals surface area (Å²) >= 11 is 0. The van der Waals surface area contributed by atoms with E-state index in [2.05, 4.69) is 52.2 Å². The van der Waals surface area contributed by atoms with Crippen LogP contribution >= 0.6 is 0 Å². The monoisotopic (exact) mass is 540 g/mol. The van der Waals surface area contributed by atoms with Gasteiger partial charge in [0.1, 0.15) is 11.5 Å². The maximum atomic E-state index is 7.55. The number of aromatic nitrogens is 2. The predicted octanol–water partition coefficient (Wildman–Crippen LogP) is 9.07. The molecule has 0 saturated heterocycles. The zero-order valence-corrected chi connectivity index (χ0v) is 22.2. The fourth-order valence-electron chi connectivity index (χ4n) is 6.82. The lowest BCUT2D eigenvalue weighted by atomic mass is 9.66. The van der Waals surface area contributed by atoms with Gasteiger partial charge in [-0.1, -0.05) is 60.7 Å². The van der Waals surface area contributed by atoms with Crippen LogP contribution in [0.3, 0.4) is 0 Å². The first-order chi connectivity index (χ1) is 20.8. The number of benzene rings is 4. The molecular formula is C36H20N4O2. The molecule has 42 heavy (non-hydrogen) atoms. The molecule has 0 unspecified atom stereocenters. The number of hydrogen-bond acceptors (Lipinski definition) is 5. The van der Waals surface area contributed by atoms with E-state index in [-0.39, 0.29) is 0 Å². The number of hydrogen-bond donors (Lipinski definition) is 0. The summed E-state index contributed by atoms with van der Waals surface area (Å²) < 4.78 is 13.2. The van der Waals surface area contributed by atoms with Gasteiger partial charge in [0.15, 0.2) is 17.2 Å². The van der Waals surface area contributed by atoms with E-state index in [9.17, 15) is 0 Å². The molecule has 6 aromatic rings. The van der Waals surface area contributed by atoms with Crippen LogP contribution in [0.25, 0.3) is 16.2 Å². The zero-order chi connectivity index (χ0) is 27.8. The van der Waals surface area contributed by atoms with Crippen molar-refractivity contribution in [2.24, 2.45) is 0 Å². The zero-order valence-electron chi connectivity index (χ0n) is 22.2. The second-order valence-electron chi connectivity index (χ2n) is 10.5. The third kappa shape index (κ3) is 2.81. The molecule has 4 heterocycles. The van der Waals surface area contributed by atoms with Crippen LogP contribution in [0.2, 0.25) is 0 Å².